The van der Waals surface area contributed by atoms with Crippen LogP contribution in [0.3, 0.4) is 0 Å². The summed E-state index contributed by atoms with van der Waals surface area (Å²) in [5.41, 5.74) is 1.90. The highest BCUT2D eigenvalue weighted by molar-refractivity contribution is 7.09. The zero-order valence-corrected chi connectivity index (χ0v) is 15.8. The van der Waals surface area contributed by atoms with E-state index in [-0.39, 0.29) is 0 Å². The molecule has 1 saturated heterocycles. The lowest BCUT2D eigenvalue weighted by molar-refractivity contribution is 0.251. The van der Waals surface area contributed by atoms with Crippen molar-refractivity contribution in [3.63, 3.8) is 0 Å². The van der Waals surface area contributed by atoms with Gasteiger partial charge in [0.25, 0.3) is 0 Å². The van der Waals surface area contributed by atoms with Crippen LogP contribution in [-0.2, 0) is 13.0 Å². The van der Waals surface area contributed by atoms with Gasteiger partial charge in [-0.25, -0.2) is 9.97 Å². The Bertz CT molecular complexity index is 827. The van der Waals surface area contributed by atoms with E-state index in [1.807, 2.05) is 29.5 Å². The van der Waals surface area contributed by atoms with Gasteiger partial charge in [0.1, 0.15) is 11.5 Å². The average Bonchev–Trinajstić information content (AvgIpc) is 3.22. The Morgan fingerprint density at radius 2 is 1.92 bits per heavy atom. The van der Waals surface area contributed by atoms with Crippen molar-refractivity contribution in [1.29, 1.82) is 0 Å². The lowest BCUT2D eigenvalue weighted by atomic mass is 10.2. The molecule has 4 heterocycles. The van der Waals surface area contributed by atoms with E-state index < -0.39 is 0 Å². The second-order valence-electron chi connectivity index (χ2n) is 6.45. The van der Waals surface area contributed by atoms with E-state index in [0.29, 0.717) is 0 Å². The van der Waals surface area contributed by atoms with Gasteiger partial charge in [0.15, 0.2) is 5.82 Å². The third-order valence-electron chi connectivity index (χ3n) is 4.68. The van der Waals surface area contributed by atoms with E-state index in [1.54, 1.807) is 6.20 Å². The van der Waals surface area contributed by atoms with Gasteiger partial charge in [-0.3, -0.25) is 9.88 Å². The zero-order valence-electron chi connectivity index (χ0n) is 15.0. The van der Waals surface area contributed by atoms with Gasteiger partial charge in [0, 0.05) is 55.6 Å². The minimum Gasteiger partial charge on any atom is -0.354 e. The Morgan fingerprint density at radius 3 is 2.62 bits per heavy atom. The third-order valence-corrected chi connectivity index (χ3v) is 5.54. The molecular formula is C20H23N5S. The molecule has 6 heteroatoms. The van der Waals surface area contributed by atoms with Crippen LogP contribution in [0.4, 0.5) is 5.82 Å². The Labute approximate surface area is 158 Å². The predicted molar refractivity (Wildman–Crippen MR) is 106 cm³/mol. The Morgan fingerprint density at radius 1 is 1.04 bits per heavy atom. The summed E-state index contributed by atoms with van der Waals surface area (Å²) in [7, 11) is 0. The van der Waals surface area contributed by atoms with Crippen molar-refractivity contribution < 1.29 is 0 Å². The van der Waals surface area contributed by atoms with E-state index in [1.165, 1.54) is 4.88 Å². The lowest BCUT2D eigenvalue weighted by Gasteiger charge is -2.35. The van der Waals surface area contributed by atoms with Crippen LogP contribution in [0, 0.1) is 0 Å². The number of piperazine rings is 1. The molecule has 1 fully saturated rings. The number of hydrogen-bond acceptors (Lipinski definition) is 6. The number of pyridine rings is 1. The van der Waals surface area contributed by atoms with Crippen molar-refractivity contribution in [2.24, 2.45) is 0 Å². The summed E-state index contributed by atoms with van der Waals surface area (Å²) in [4.78, 5) is 20.2. The van der Waals surface area contributed by atoms with Crippen LogP contribution in [-0.4, -0.2) is 46.0 Å². The summed E-state index contributed by atoms with van der Waals surface area (Å²) in [6.07, 6.45) is 2.69. The molecular weight excluding hydrogens is 342 g/mol. The number of aryl methyl sites for hydroxylation is 1. The highest BCUT2D eigenvalue weighted by Gasteiger charge is 2.20. The van der Waals surface area contributed by atoms with Gasteiger partial charge in [-0.15, -0.1) is 11.3 Å². The van der Waals surface area contributed by atoms with Crippen LogP contribution in [0.1, 0.15) is 17.5 Å². The van der Waals surface area contributed by atoms with Crippen LogP contribution in [0.2, 0.25) is 0 Å². The maximum atomic E-state index is 4.81. The molecule has 0 radical (unpaired) electrons. The fraction of sp³-hybridized carbons (Fsp3) is 0.350. The molecule has 4 rings (SSSR count). The Hall–Kier alpha value is -2.31. The monoisotopic (exact) mass is 365 g/mol. The second kappa shape index (κ2) is 7.93. The summed E-state index contributed by atoms with van der Waals surface area (Å²) in [5, 5.41) is 2.15. The molecule has 0 aliphatic carbocycles. The minimum absolute atomic E-state index is 0.723. The van der Waals surface area contributed by atoms with E-state index >= 15 is 0 Å². The first-order valence-electron chi connectivity index (χ1n) is 9.11. The van der Waals surface area contributed by atoms with Crippen LogP contribution in [0.15, 0.2) is 48.0 Å². The van der Waals surface area contributed by atoms with Crippen molar-refractivity contribution in [2.75, 3.05) is 31.1 Å². The van der Waals surface area contributed by atoms with Crippen LogP contribution >= 0.6 is 11.3 Å². The summed E-state index contributed by atoms with van der Waals surface area (Å²) < 4.78 is 0. The molecule has 134 valence electrons. The minimum atomic E-state index is 0.723. The highest BCUT2D eigenvalue weighted by atomic mass is 32.1. The average molecular weight is 366 g/mol. The molecule has 0 unspecified atom stereocenters. The molecule has 26 heavy (non-hydrogen) atoms. The SMILES string of the molecule is CCc1cc(N2CCN(Cc3cccs3)CC2)nc(-c2ccccn2)n1. The van der Waals surface area contributed by atoms with Gasteiger partial charge >= 0.3 is 0 Å². The zero-order chi connectivity index (χ0) is 17.8. The predicted octanol–water partition coefficient (Wildman–Crippen LogP) is 3.48. The van der Waals surface area contributed by atoms with Gasteiger partial charge in [-0.05, 0) is 30.0 Å². The highest BCUT2D eigenvalue weighted by Crippen LogP contribution is 2.21. The van der Waals surface area contributed by atoms with E-state index in [9.17, 15) is 0 Å². The van der Waals surface area contributed by atoms with Crippen molar-refractivity contribution in [1.82, 2.24) is 19.9 Å². The molecule has 3 aromatic heterocycles. The molecule has 0 bridgehead atoms. The second-order valence-corrected chi connectivity index (χ2v) is 7.48. The molecule has 1 aliphatic heterocycles. The molecule has 1 aliphatic rings. The van der Waals surface area contributed by atoms with Crippen molar-refractivity contribution in [2.45, 2.75) is 19.9 Å². The fourth-order valence-electron chi connectivity index (χ4n) is 3.19. The van der Waals surface area contributed by atoms with Crippen LogP contribution in [0.5, 0.6) is 0 Å². The molecule has 0 spiro atoms. The number of rotatable bonds is 5. The van der Waals surface area contributed by atoms with Gasteiger partial charge in [-0.2, -0.15) is 0 Å². The maximum absolute atomic E-state index is 4.81. The Kier molecular flexibility index (Phi) is 5.22. The van der Waals surface area contributed by atoms with Crippen molar-refractivity contribution >= 4 is 17.2 Å². The summed E-state index contributed by atoms with van der Waals surface area (Å²) >= 11 is 1.84. The topological polar surface area (TPSA) is 45.2 Å². The molecule has 0 atom stereocenters. The van der Waals surface area contributed by atoms with Crippen LogP contribution < -0.4 is 4.90 Å². The maximum Gasteiger partial charge on any atom is 0.180 e. The van der Waals surface area contributed by atoms with Crippen molar-refractivity contribution in [3.05, 3.63) is 58.5 Å². The lowest BCUT2D eigenvalue weighted by Crippen LogP contribution is -2.46. The quantitative estimate of drug-likeness (QED) is 0.693. The number of thiophene rings is 1. The van der Waals surface area contributed by atoms with Crippen molar-refractivity contribution in [3.8, 4) is 11.5 Å². The molecule has 0 aromatic carbocycles. The first-order chi connectivity index (χ1) is 12.8. The number of aromatic nitrogens is 3. The molecule has 0 saturated carbocycles. The summed E-state index contributed by atoms with van der Waals surface area (Å²) in [5.74, 6) is 1.74. The molecule has 0 amide bonds. The van der Waals surface area contributed by atoms with E-state index in [4.69, 9.17) is 4.98 Å². The number of anilines is 1. The molecule has 0 N–H and O–H groups in total. The normalized spacial score (nSPS) is 15.3. The first-order valence-corrected chi connectivity index (χ1v) is 9.99. The smallest absolute Gasteiger partial charge is 0.180 e. The van der Waals surface area contributed by atoms with Gasteiger partial charge in [-0.1, -0.05) is 19.1 Å². The first kappa shape index (κ1) is 17.1. The third kappa shape index (κ3) is 3.92. The van der Waals surface area contributed by atoms with Gasteiger partial charge < -0.3 is 4.90 Å². The number of nitrogens with zero attached hydrogens (tertiary/aromatic N) is 5. The van der Waals surface area contributed by atoms with Gasteiger partial charge in [0.2, 0.25) is 0 Å². The fourth-order valence-corrected chi connectivity index (χ4v) is 3.94. The van der Waals surface area contributed by atoms with E-state index in [0.717, 1.165) is 62.2 Å². The largest absolute Gasteiger partial charge is 0.354 e. The van der Waals surface area contributed by atoms with Gasteiger partial charge in [0.05, 0.1) is 0 Å². The molecule has 3 aromatic rings. The summed E-state index contributed by atoms with van der Waals surface area (Å²) in [6.45, 7) is 7.28. The standard InChI is InChI=1S/C20H23N5S/c1-2-16-14-19(23-20(22-16)18-7-3-4-8-21-18)25-11-9-24(10-12-25)15-17-6-5-13-26-17/h3-8,13-14H,2,9-12,15H2,1H3. The summed E-state index contributed by atoms with van der Waals surface area (Å²) in [6, 6.07) is 12.3. The Balaban J connectivity index is 1.49. The number of hydrogen-bond donors (Lipinski definition) is 0. The molecule has 5 nitrogen and oxygen atoms in total. The van der Waals surface area contributed by atoms with Crippen LogP contribution in [0.25, 0.3) is 11.5 Å². The van der Waals surface area contributed by atoms with E-state index in [2.05, 4.69) is 50.3 Å².